The van der Waals surface area contributed by atoms with Gasteiger partial charge in [-0.1, -0.05) is 36.4 Å². The van der Waals surface area contributed by atoms with E-state index in [4.69, 9.17) is 4.74 Å². The number of urea groups is 1. The highest BCUT2D eigenvalue weighted by Gasteiger charge is 2.21. The summed E-state index contributed by atoms with van der Waals surface area (Å²) in [6.45, 7) is 2.75. The lowest BCUT2D eigenvalue weighted by atomic mass is 10.2. The van der Waals surface area contributed by atoms with E-state index in [0.29, 0.717) is 18.8 Å². The van der Waals surface area contributed by atoms with Crippen LogP contribution in [0.2, 0.25) is 0 Å². The van der Waals surface area contributed by atoms with Crippen LogP contribution in [0.15, 0.2) is 84.9 Å². The zero-order chi connectivity index (χ0) is 22.2. The van der Waals surface area contributed by atoms with E-state index in [9.17, 15) is 9.59 Å². The van der Waals surface area contributed by atoms with Gasteiger partial charge in [0.15, 0.2) is 6.61 Å². The predicted molar refractivity (Wildman–Crippen MR) is 126 cm³/mol. The number of anilines is 3. The van der Waals surface area contributed by atoms with Gasteiger partial charge in [0.1, 0.15) is 5.75 Å². The van der Waals surface area contributed by atoms with Gasteiger partial charge < -0.3 is 25.2 Å². The van der Waals surface area contributed by atoms with Crippen molar-refractivity contribution in [2.24, 2.45) is 0 Å². The molecule has 0 spiro atoms. The second-order valence-corrected chi connectivity index (χ2v) is 7.47. The highest BCUT2D eigenvalue weighted by atomic mass is 16.5. The van der Waals surface area contributed by atoms with E-state index < -0.39 is 0 Å². The molecule has 0 bridgehead atoms. The molecule has 2 N–H and O–H groups in total. The Morgan fingerprint density at radius 3 is 1.97 bits per heavy atom. The average Bonchev–Trinajstić information content (AvgIpc) is 2.85. The highest BCUT2D eigenvalue weighted by Crippen LogP contribution is 2.20. The molecule has 4 rings (SSSR count). The van der Waals surface area contributed by atoms with Crippen molar-refractivity contribution >= 4 is 29.0 Å². The van der Waals surface area contributed by atoms with Crippen LogP contribution >= 0.6 is 0 Å². The van der Waals surface area contributed by atoms with Gasteiger partial charge in [0.25, 0.3) is 5.91 Å². The second-order valence-electron chi connectivity index (χ2n) is 7.47. The fraction of sp³-hybridized carbons (Fsp3) is 0.200. The predicted octanol–water partition coefficient (Wildman–Crippen LogP) is 4.06. The van der Waals surface area contributed by atoms with Crippen molar-refractivity contribution in [3.05, 3.63) is 84.9 Å². The Labute approximate surface area is 187 Å². The number of nitrogens with zero attached hydrogens (tertiary/aromatic N) is 2. The van der Waals surface area contributed by atoms with E-state index in [0.717, 1.165) is 30.2 Å². The molecule has 7 nitrogen and oxygen atoms in total. The number of piperazine rings is 1. The molecule has 1 aliphatic heterocycles. The van der Waals surface area contributed by atoms with Gasteiger partial charge in [0.05, 0.1) is 0 Å². The Bertz CT molecular complexity index is 1020. The Morgan fingerprint density at radius 1 is 0.719 bits per heavy atom. The van der Waals surface area contributed by atoms with Crippen molar-refractivity contribution < 1.29 is 14.3 Å². The maximum atomic E-state index is 12.4. The number of para-hydroxylation sites is 2. The summed E-state index contributed by atoms with van der Waals surface area (Å²) in [5, 5.41) is 5.77. The summed E-state index contributed by atoms with van der Waals surface area (Å²) < 4.78 is 5.47. The van der Waals surface area contributed by atoms with Crippen molar-refractivity contribution in [3.63, 3.8) is 0 Å². The molecule has 164 valence electrons. The quantitative estimate of drug-likeness (QED) is 0.619. The molecule has 0 aliphatic carbocycles. The van der Waals surface area contributed by atoms with Crippen LogP contribution in [0, 0.1) is 0 Å². The zero-order valence-corrected chi connectivity index (χ0v) is 17.7. The summed E-state index contributed by atoms with van der Waals surface area (Å²) >= 11 is 0. The number of rotatable bonds is 6. The van der Waals surface area contributed by atoms with Crippen LogP contribution in [0.5, 0.6) is 5.75 Å². The van der Waals surface area contributed by atoms with Gasteiger partial charge in [0, 0.05) is 43.2 Å². The van der Waals surface area contributed by atoms with Crippen molar-refractivity contribution in [1.82, 2.24) is 4.90 Å². The molecule has 3 amide bonds. The topological polar surface area (TPSA) is 73.9 Å². The number of hydrogen-bond acceptors (Lipinski definition) is 4. The summed E-state index contributed by atoms with van der Waals surface area (Å²) in [7, 11) is 0. The maximum Gasteiger partial charge on any atom is 0.321 e. The number of amides is 3. The van der Waals surface area contributed by atoms with Gasteiger partial charge in [-0.05, 0) is 48.5 Å². The smallest absolute Gasteiger partial charge is 0.321 e. The largest absolute Gasteiger partial charge is 0.484 e. The summed E-state index contributed by atoms with van der Waals surface area (Å²) in [5.74, 6) is 0.453. The molecular weight excluding hydrogens is 404 g/mol. The Hall–Kier alpha value is -4.00. The van der Waals surface area contributed by atoms with Crippen LogP contribution in [0.4, 0.5) is 21.9 Å². The second kappa shape index (κ2) is 10.3. The van der Waals surface area contributed by atoms with Crippen molar-refractivity contribution in [2.75, 3.05) is 48.3 Å². The third kappa shape index (κ3) is 5.78. The van der Waals surface area contributed by atoms with E-state index in [1.807, 2.05) is 89.8 Å². The summed E-state index contributed by atoms with van der Waals surface area (Å²) in [6.07, 6.45) is 0. The van der Waals surface area contributed by atoms with E-state index in [1.54, 1.807) is 0 Å². The lowest BCUT2D eigenvalue weighted by Crippen LogP contribution is -2.50. The molecule has 32 heavy (non-hydrogen) atoms. The lowest BCUT2D eigenvalue weighted by Gasteiger charge is -2.36. The minimum absolute atomic E-state index is 0.0429. The minimum Gasteiger partial charge on any atom is -0.484 e. The first-order valence-electron chi connectivity index (χ1n) is 10.6. The van der Waals surface area contributed by atoms with Crippen LogP contribution in [0.1, 0.15) is 0 Å². The fourth-order valence-corrected chi connectivity index (χ4v) is 3.51. The number of ether oxygens (including phenoxy) is 1. The molecule has 3 aromatic carbocycles. The number of nitrogens with one attached hydrogen (secondary N) is 2. The lowest BCUT2D eigenvalue weighted by molar-refractivity contribution is -0.118. The van der Waals surface area contributed by atoms with Crippen LogP contribution in [-0.2, 0) is 4.79 Å². The van der Waals surface area contributed by atoms with Gasteiger partial charge in [-0.3, -0.25) is 4.79 Å². The van der Waals surface area contributed by atoms with Gasteiger partial charge in [-0.15, -0.1) is 0 Å². The molecule has 0 aromatic heterocycles. The molecular formula is C25H26N4O3. The first-order chi connectivity index (χ1) is 15.7. The van der Waals surface area contributed by atoms with Gasteiger partial charge >= 0.3 is 6.03 Å². The Morgan fingerprint density at radius 2 is 1.31 bits per heavy atom. The van der Waals surface area contributed by atoms with Gasteiger partial charge in [-0.2, -0.15) is 0 Å². The normalized spacial score (nSPS) is 13.4. The molecule has 0 radical (unpaired) electrons. The summed E-state index contributed by atoms with van der Waals surface area (Å²) in [4.78, 5) is 28.6. The SMILES string of the molecule is O=C(COc1ccccc1)Nc1ccc(N2CCN(C(=O)Nc3ccccc3)CC2)cc1. The summed E-state index contributed by atoms with van der Waals surface area (Å²) in [6, 6.07) is 26.4. The van der Waals surface area contributed by atoms with Crippen LogP contribution in [0.25, 0.3) is 0 Å². The first-order valence-corrected chi connectivity index (χ1v) is 10.6. The van der Waals surface area contributed by atoms with Crippen LogP contribution in [0.3, 0.4) is 0 Å². The Kier molecular flexibility index (Phi) is 6.87. The van der Waals surface area contributed by atoms with E-state index in [2.05, 4.69) is 15.5 Å². The van der Waals surface area contributed by atoms with E-state index in [-0.39, 0.29) is 18.5 Å². The van der Waals surface area contributed by atoms with Gasteiger partial charge in [0.2, 0.25) is 0 Å². The molecule has 0 atom stereocenters. The molecule has 1 aliphatic rings. The molecule has 1 heterocycles. The first kappa shape index (κ1) is 21.2. The average molecular weight is 431 g/mol. The third-order valence-corrected chi connectivity index (χ3v) is 5.22. The summed E-state index contributed by atoms with van der Waals surface area (Å²) in [5.41, 5.74) is 2.58. The third-order valence-electron chi connectivity index (χ3n) is 5.22. The zero-order valence-electron chi connectivity index (χ0n) is 17.7. The molecule has 7 heteroatoms. The minimum atomic E-state index is -0.209. The van der Waals surface area contributed by atoms with E-state index in [1.165, 1.54) is 0 Å². The van der Waals surface area contributed by atoms with E-state index >= 15 is 0 Å². The molecule has 0 unspecified atom stereocenters. The number of carbonyl (C=O) groups excluding carboxylic acids is 2. The number of carbonyl (C=O) groups is 2. The van der Waals surface area contributed by atoms with Gasteiger partial charge in [-0.25, -0.2) is 4.79 Å². The monoisotopic (exact) mass is 430 g/mol. The maximum absolute atomic E-state index is 12.4. The standard InChI is InChI=1S/C25H26N4O3/c30-24(19-32-23-9-5-2-6-10-23)26-21-11-13-22(14-12-21)28-15-17-29(18-16-28)25(31)27-20-7-3-1-4-8-20/h1-14H,15-19H2,(H,26,30)(H,27,31). The van der Waals surface area contributed by atoms with Crippen LogP contribution in [-0.4, -0.2) is 49.6 Å². The Balaban J connectivity index is 1.23. The fourth-order valence-electron chi connectivity index (χ4n) is 3.51. The molecule has 1 fully saturated rings. The molecule has 0 saturated carbocycles. The van der Waals surface area contributed by atoms with Crippen molar-refractivity contribution in [3.8, 4) is 5.75 Å². The van der Waals surface area contributed by atoms with Crippen LogP contribution < -0.4 is 20.3 Å². The van der Waals surface area contributed by atoms with Crippen molar-refractivity contribution in [2.45, 2.75) is 0 Å². The molecule has 3 aromatic rings. The highest BCUT2D eigenvalue weighted by molar-refractivity contribution is 5.92. The molecule has 1 saturated heterocycles. The van der Waals surface area contributed by atoms with Crippen molar-refractivity contribution in [1.29, 1.82) is 0 Å². The number of hydrogen-bond donors (Lipinski definition) is 2. The number of benzene rings is 3.